The lowest BCUT2D eigenvalue weighted by molar-refractivity contribution is -0.109. The van der Waals surface area contributed by atoms with Gasteiger partial charge in [0.1, 0.15) is 0 Å². The lowest BCUT2D eigenvalue weighted by atomic mass is 10.1. The summed E-state index contributed by atoms with van der Waals surface area (Å²) in [4.78, 5) is 10.1. The molecule has 6 heteroatoms. The summed E-state index contributed by atoms with van der Waals surface area (Å²) in [7, 11) is 0. The van der Waals surface area contributed by atoms with E-state index in [-0.39, 0.29) is 0 Å². The van der Waals surface area contributed by atoms with Crippen LogP contribution in [0.4, 0.5) is 5.82 Å². The second kappa shape index (κ2) is 4.67. The van der Waals surface area contributed by atoms with Crippen molar-refractivity contribution in [3.63, 3.8) is 0 Å². The van der Waals surface area contributed by atoms with Gasteiger partial charge in [0.05, 0.1) is 5.69 Å². The van der Waals surface area contributed by atoms with Crippen molar-refractivity contribution in [2.75, 3.05) is 5.43 Å². The van der Waals surface area contributed by atoms with Crippen molar-refractivity contribution >= 4 is 23.8 Å². The maximum absolute atomic E-state index is 10.1. The smallest absolute Gasteiger partial charge is 0.225 e. The highest BCUT2D eigenvalue weighted by molar-refractivity contribution is 6.33. The number of halogens is 1. The van der Waals surface area contributed by atoms with Crippen LogP contribution in [0.5, 0.6) is 0 Å². The lowest BCUT2D eigenvalue weighted by Gasteiger charge is -1.99. The molecule has 0 saturated carbocycles. The summed E-state index contributed by atoms with van der Waals surface area (Å²) in [5.41, 5.74) is 6.53. The Bertz CT molecular complexity index is 497. The molecule has 2 rings (SSSR count). The third-order valence-corrected chi connectivity index (χ3v) is 2.33. The van der Waals surface area contributed by atoms with Gasteiger partial charge in [0.2, 0.25) is 6.41 Å². The highest BCUT2D eigenvalue weighted by atomic mass is 35.5. The number of aromatic amines is 1. The Morgan fingerprint density at radius 2 is 2.19 bits per heavy atom. The molecule has 3 N–H and O–H groups in total. The molecule has 0 aliphatic heterocycles. The highest BCUT2D eigenvalue weighted by Gasteiger charge is 2.05. The molecule has 0 bridgehead atoms. The van der Waals surface area contributed by atoms with Crippen LogP contribution in [-0.4, -0.2) is 16.6 Å². The number of H-pyrrole nitrogens is 1. The summed E-state index contributed by atoms with van der Waals surface area (Å²) in [6.45, 7) is 0. The van der Waals surface area contributed by atoms with Crippen LogP contribution in [0, 0.1) is 0 Å². The van der Waals surface area contributed by atoms with Gasteiger partial charge < -0.3 is 0 Å². The quantitative estimate of drug-likeness (QED) is 0.560. The molecule has 0 unspecified atom stereocenters. The molecule has 0 aliphatic carbocycles. The lowest BCUT2D eigenvalue weighted by Crippen LogP contribution is -2.18. The Hall–Kier alpha value is -2.01. The van der Waals surface area contributed by atoms with Gasteiger partial charge in [-0.15, -0.1) is 0 Å². The SMILES string of the molecule is O=CNNc1cc(-c2ccccc2Cl)[nH]n1. The first-order valence-electron chi connectivity index (χ1n) is 4.57. The third-order valence-electron chi connectivity index (χ3n) is 2.00. The predicted octanol–water partition coefficient (Wildman–Crippen LogP) is 1.80. The van der Waals surface area contributed by atoms with E-state index < -0.39 is 0 Å². The van der Waals surface area contributed by atoms with Gasteiger partial charge >= 0.3 is 0 Å². The number of amides is 1. The molecular formula is C10H9ClN4O. The predicted molar refractivity (Wildman–Crippen MR) is 61.9 cm³/mol. The summed E-state index contributed by atoms with van der Waals surface area (Å²) < 4.78 is 0. The van der Waals surface area contributed by atoms with Crippen LogP contribution >= 0.6 is 11.6 Å². The summed E-state index contributed by atoms with van der Waals surface area (Å²) in [6.07, 6.45) is 0.532. The van der Waals surface area contributed by atoms with Crippen LogP contribution < -0.4 is 10.9 Å². The molecule has 82 valence electrons. The van der Waals surface area contributed by atoms with Gasteiger partial charge in [-0.3, -0.25) is 20.7 Å². The van der Waals surface area contributed by atoms with Gasteiger partial charge in [0.25, 0.3) is 0 Å². The fourth-order valence-corrected chi connectivity index (χ4v) is 1.54. The molecular weight excluding hydrogens is 228 g/mol. The van der Waals surface area contributed by atoms with Crippen LogP contribution in [0.25, 0.3) is 11.3 Å². The van der Waals surface area contributed by atoms with E-state index >= 15 is 0 Å². The topological polar surface area (TPSA) is 69.8 Å². The third kappa shape index (κ3) is 2.14. The van der Waals surface area contributed by atoms with E-state index in [1.54, 1.807) is 12.1 Å². The molecule has 0 saturated heterocycles. The van der Waals surface area contributed by atoms with Crippen molar-refractivity contribution in [1.29, 1.82) is 0 Å². The molecule has 1 aromatic heterocycles. The van der Waals surface area contributed by atoms with Gasteiger partial charge in [-0.25, -0.2) is 0 Å². The number of carbonyl (C=O) groups is 1. The fourth-order valence-electron chi connectivity index (χ4n) is 1.31. The van der Waals surface area contributed by atoms with E-state index in [4.69, 9.17) is 11.6 Å². The average Bonchev–Trinajstić information content (AvgIpc) is 2.75. The molecule has 0 atom stereocenters. The van der Waals surface area contributed by atoms with Gasteiger partial charge in [0, 0.05) is 16.7 Å². The number of benzene rings is 1. The van der Waals surface area contributed by atoms with E-state index in [0.717, 1.165) is 11.3 Å². The second-order valence-electron chi connectivity index (χ2n) is 3.03. The van der Waals surface area contributed by atoms with Crippen molar-refractivity contribution < 1.29 is 4.79 Å². The van der Waals surface area contributed by atoms with E-state index in [1.807, 2.05) is 18.2 Å². The molecule has 16 heavy (non-hydrogen) atoms. The number of nitrogens with one attached hydrogen (secondary N) is 3. The van der Waals surface area contributed by atoms with Crippen LogP contribution in [0.1, 0.15) is 0 Å². The maximum atomic E-state index is 10.1. The molecule has 1 amide bonds. The van der Waals surface area contributed by atoms with Gasteiger partial charge in [-0.1, -0.05) is 29.8 Å². The van der Waals surface area contributed by atoms with E-state index in [2.05, 4.69) is 21.0 Å². The zero-order chi connectivity index (χ0) is 11.4. The number of aromatic nitrogens is 2. The minimum atomic E-state index is 0.516. The summed E-state index contributed by atoms with van der Waals surface area (Å²) >= 11 is 6.03. The van der Waals surface area contributed by atoms with Crippen LogP contribution in [0.3, 0.4) is 0 Å². The Kier molecular flexibility index (Phi) is 3.07. The second-order valence-corrected chi connectivity index (χ2v) is 3.44. The van der Waals surface area contributed by atoms with Crippen LogP contribution in [-0.2, 0) is 4.79 Å². The number of hydrogen-bond donors (Lipinski definition) is 3. The Labute approximate surface area is 96.8 Å². The monoisotopic (exact) mass is 236 g/mol. The molecule has 1 aromatic carbocycles. The Balaban J connectivity index is 2.25. The molecule has 0 radical (unpaired) electrons. The van der Waals surface area contributed by atoms with E-state index in [0.29, 0.717) is 17.3 Å². The van der Waals surface area contributed by atoms with Crippen LogP contribution in [0.2, 0.25) is 5.02 Å². The first kappa shape index (κ1) is 10.5. The van der Waals surface area contributed by atoms with E-state index in [9.17, 15) is 4.79 Å². The molecule has 0 aliphatic rings. The van der Waals surface area contributed by atoms with Crippen molar-refractivity contribution in [3.8, 4) is 11.3 Å². The van der Waals surface area contributed by atoms with E-state index in [1.165, 1.54) is 0 Å². The molecule has 0 spiro atoms. The number of rotatable bonds is 4. The zero-order valence-corrected chi connectivity index (χ0v) is 8.95. The average molecular weight is 237 g/mol. The summed E-state index contributed by atoms with van der Waals surface area (Å²) in [6, 6.07) is 9.17. The van der Waals surface area contributed by atoms with Gasteiger partial charge in [-0.05, 0) is 6.07 Å². The standard InChI is InChI=1S/C10H9ClN4O/c11-8-4-2-1-3-7(8)9-5-10(15-13-9)14-12-6-16/h1-6H,(H,12,16)(H2,13,14,15). The minimum Gasteiger partial charge on any atom is -0.281 e. The molecule has 1 heterocycles. The number of nitrogens with zero attached hydrogens (tertiary/aromatic N) is 1. The van der Waals surface area contributed by atoms with Gasteiger partial charge in [-0.2, -0.15) is 5.10 Å². The molecule has 2 aromatic rings. The number of anilines is 1. The largest absolute Gasteiger partial charge is 0.281 e. The van der Waals surface area contributed by atoms with Crippen molar-refractivity contribution in [2.24, 2.45) is 0 Å². The first-order chi connectivity index (χ1) is 7.81. The normalized spacial score (nSPS) is 9.81. The number of carbonyl (C=O) groups excluding carboxylic acids is 1. The number of hydrazine groups is 1. The Morgan fingerprint density at radius 3 is 2.94 bits per heavy atom. The van der Waals surface area contributed by atoms with Crippen molar-refractivity contribution in [3.05, 3.63) is 35.4 Å². The fraction of sp³-hybridized carbons (Fsp3) is 0. The maximum Gasteiger partial charge on any atom is 0.225 e. The van der Waals surface area contributed by atoms with Crippen LogP contribution in [0.15, 0.2) is 30.3 Å². The molecule has 5 nitrogen and oxygen atoms in total. The summed E-state index contributed by atoms with van der Waals surface area (Å²) in [5, 5.41) is 7.41. The molecule has 0 fully saturated rings. The minimum absolute atomic E-state index is 0.516. The summed E-state index contributed by atoms with van der Waals surface area (Å²) in [5.74, 6) is 0.516. The van der Waals surface area contributed by atoms with Gasteiger partial charge in [0.15, 0.2) is 5.82 Å². The highest BCUT2D eigenvalue weighted by Crippen LogP contribution is 2.26. The first-order valence-corrected chi connectivity index (χ1v) is 4.94. The Morgan fingerprint density at radius 1 is 1.38 bits per heavy atom. The van der Waals surface area contributed by atoms with Crippen molar-refractivity contribution in [2.45, 2.75) is 0 Å². The van der Waals surface area contributed by atoms with Crippen molar-refractivity contribution in [1.82, 2.24) is 15.6 Å². The number of hydrogen-bond acceptors (Lipinski definition) is 3. The zero-order valence-electron chi connectivity index (χ0n) is 8.20.